The van der Waals surface area contributed by atoms with Gasteiger partial charge < -0.3 is 15.6 Å². The van der Waals surface area contributed by atoms with Crippen LogP contribution >= 0.6 is 0 Å². The van der Waals surface area contributed by atoms with E-state index in [1.807, 2.05) is 0 Å². The molecule has 0 bridgehead atoms. The highest BCUT2D eigenvalue weighted by atomic mass is 16.5. The predicted molar refractivity (Wildman–Crippen MR) is 52.8 cm³/mol. The van der Waals surface area contributed by atoms with Gasteiger partial charge in [-0.15, -0.1) is 0 Å². The fourth-order valence-corrected chi connectivity index (χ4v) is 1.18. The van der Waals surface area contributed by atoms with Crippen molar-refractivity contribution in [3.05, 3.63) is 23.3 Å². The Morgan fingerprint density at radius 1 is 1.57 bits per heavy atom. The Balaban J connectivity index is 3.22. The molecule has 0 fully saturated rings. The van der Waals surface area contributed by atoms with Gasteiger partial charge in [0.2, 0.25) is 0 Å². The molecule has 76 valence electrons. The van der Waals surface area contributed by atoms with E-state index in [0.717, 1.165) is 0 Å². The monoisotopic (exact) mass is 195 g/mol. The van der Waals surface area contributed by atoms with E-state index in [0.29, 0.717) is 16.9 Å². The van der Waals surface area contributed by atoms with Crippen molar-refractivity contribution in [3.63, 3.8) is 0 Å². The number of phenols is 1. The molecule has 0 radical (unpaired) electrons. The maximum atomic E-state index is 11.3. The van der Waals surface area contributed by atoms with Crippen LogP contribution in [0.4, 0.5) is 0 Å². The summed E-state index contributed by atoms with van der Waals surface area (Å²) in [5.41, 5.74) is 6.29. The minimum absolute atomic E-state index is 0.0482. The fraction of sp³-hybridized carbons (Fsp3) is 0.300. The minimum atomic E-state index is -0.175. The summed E-state index contributed by atoms with van der Waals surface area (Å²) in [6.45, 7) is 1.65. The lowest BCUT2D eigenvalue weighted by molar-refractivity contribution is 0.100. The van der Waals surface area contributed by atoms with Gasteiger partial charge in [-0.1, -0.05) is 0 Å². The second-order valence-electron chi connectivity index (χ2n) is 2.97. The van der Waals surface area contributed by atoms with E-state index in [1.165, 1.54) is 13.2 Å². The van der Waals surface area contributed by atoms with Crippen LogP contribution in [0.2, 0.25) is 0 Å². The number of aryl methyl sites for hydroxylation is 1. The van der Waals surface area contributed by atoms with Gasteiger partial charge in [-0.2, -0.15) is 0 Å². The van der Waals surface area contributed by atoms with Crippen LogP contribution in [0.15, 0.2) is 12.1 Å². The highest BCUT2D eigenvalue weighted by Crippen LogP contribution is 2.30. The summed E-state index contributed by atoms with van der Waals surface area (Å²) in [4.78, 5) is 11.3. The molecule has 0 heterocycles. The van der Waals surface area contributed by atoms with Gasteiger partial charge in [0.25, 0.3) is 0 Å². The van der Waals surface area contributed by atoms with Crippen LogP contribution in [0.25, 0.3) is 0 Å². The third-order valence-corrected chi connectivity index (χ3v) is 1.99. The highest BCUT2D eigenvalue weighted by Gasteiger charge is 2.11. The minimum Gasteiger partial charge on any atom is -0.504 e. The summed E-state index contributed by atoms with van der Waals surface area (Å²) in [6.07, 6.45) is 0. The van der Waals surface area contributed by atoms with E-state index in [9.17, 15) is 9.90 Å². The zero-order valence-corrected chi connectivity index (χ0v) is 8.20. The van der Waals surface area contributed by atoms with Crippen LogP contribution in [0, 0.1) is 6.92 Å². The molecule has 0 atom stereocenters. The Hall–Kier alpha value is -1.55. The standard InChI is InChI=1S/C10H13NO3/c1-6-3-7(8(12)5-11)4-9(14-2)10(6)13/h3-4,13H,5,11H2,1-2H3. The third-order valence-electron chi connectivity index (χ3n) is 1.99. The molecule has 4 heteroatoms. The zero-order chi connectivity index (χ0) is 10.7. The molecule has 0 aliphatic rings. The van der Waals surface area contributed by atoms with Crippen LogP contribution in [-0.2, 0) is 0 Å². The zero-order valence-electron chi connectivity index (χ0n) is 8.20. The average Bonchev–Trinajstić information content (AvgIpc) is 2.20. The Labute approximate surface area is 82.3 Å². The molecule has 0 saturated heterocycles. The summed E-state index contributed by atoms with van der Waals surface area (Å²) < 4.78 is 4.92. The topological polar surface area (TPSA) is 72.5 Å². The van der Waals surface area contributed by atoms with E-state index >= 15 is 0 Å². The van der Waals surface area contributed by atoms with Gasteiger partial charge in [-0.25, -0.2) is 0 Å². The second kappa shape index (κ2) is 4.11. The number of carbonyl (C=O) groups excluding carboxylic acids is 1. The molecule has 3 N–H and O–H groups in total. The number of benzene rings is 1. The highest BCUT2D eigenvalue weighted by molar-refractivity contribution is 5.98. The molecule has 1 aromatic rings. The summed E-state index contributed by atoms with van der Waals surface area (Å²) in [5.74, 6) is 0.175. The number of rotatable bonds is 3. The molecule has 0 aliphatic carbocycles. The first-order valence-corrected chi connectivity index (χ1v) is 4.21. The van der Waals surface area contributed by atoms with Gasteiger partial charge in [-0.3, -0.25) is 4.79 Å². The number of hydrogen-bond acceptors (Lipinski definition) is 4. The maximum absolute atomic E-state index is 11.3. The van der Waals surface area contributed by atoms with Crippen molar-refractivity contribution >= 4 is 5.78 Å². The Morgan fingerprint density at radius 2 is 2.21 bits per heavy atom. The lowest BCUT2D eigenvalue weighted by Crippen LogP contribution is -2.13. The molecule has 0 unspecified atom stereocenters. The van der Waals surface area contributed by atoms with Crippen molar-refractivity contribution < 1.29 is 14.6 Å². The van der Waals surface area contributed by atoms with E-state index in [4.69, 9.17) is 10.5 Å². The summed E-state index contributed by atoms with van der Waals surface area (Å²) >= 11 is 0. The number of Topliss-reactive ketones (excluding diaryl/α,β-unsaturated/α-hetero) is 1. The quantitative estimate of drug-likeness (QED) is 0.701. The average molecular weight is 195 g/mol. The first-order valence-electron chi connectivity index (χ1n) is 4.21. The Bertz CT molecular complexity index is 361. The van der Waals surface area contributed by atoms with Gasteiger partial charge in [0, 0.05) is 5.56 Å². The van der Waals surface area contributed by atoms with Crippen LogP contribution in [0.3, 0.4) is 0 Å². The maximum Gasteiger partial charge on any atom is 0.176 e. The lowest BCUT2D eigenvalue weighted by Gasteiger charge is -2.08. The van der Waals surface area contributed by atoms with Crippen LogP contribution in [-0.4, -0.2) is 24.5 Å². The molecular weight excluding hydrogens is 182 g/mol. The summed E-state index contributed by atoms with van der Waals surface area (Å²) in [5, 5.41) is 9.51. The number of ketones is 1. The number of aromatic hydroxyl groups is 1. The van der Waals surface area contributed by atoms with E-state index in [2.05, 4.69) is 0 Å². The largest absolute Gasteiger partial charge is 0.504 e. The molecule has 0 aliphatic heterocycles. The van der Waals surface area contributed by atoms with Crippen LogP contribution in [0.5, 0.6) is 11.5 Å². The third kappa shape index (κ3) is 1.85. The fourth-order valence-electron chi connectivity index (χ4n) is 1.18. The van der Waals surface area contributed by atoms with Crippen molar-refractivity contribution in [2.24, 2.45) is 5.73 Å². The lowest BCUT2D eigenvalue weighted by atomic mass is 10.1. The molecule has 14 heavy (non-hydrogen) atoms. The number of nitrogens with two attached hydrogens (primary N) is 1. The number of phenolic OH excluding ortho intramolecular Hbond substituents is 1. The van der Waals surface area contributed by atoms with Gasteiger partial charge in [0.15, 0.2) is 17.3 Å². The molecule has 0 aromatic heterocycles. The van der Waals surface area contributed by atoms with Crippen molar-refractivity contribution in [2.75, 3.05) is 13.7 Å². The smallest absolute Gasteiger partial charge is 0.176 e. The molecule has 1 aromatic carbocycles. The van der Waals surface area contributed by atoms with E-state index in [-0.39, 0.29) is 18.1 Å². The Kier molecular flexibility index (Phi) is 3.09. The number of hydrogen-bond donors (Lipinski definition) is 2. The molecule has 4 nitrogen and oxygen atoms in total. The number of carbonyl (C=O) groups is 1. The molecule has 0 saturated carbocycles. The van der Waals surface area contributed by atoms with Crippen molar-refractivity contribution in [1.82, 2.24) is 0 Å². The van der Waals surface area contributed by atoms with Crippen molar-refractivity contribution in [2.45, 2.75) is 6.92 Å². The van der Waals surface area contributed by atoms with E-state index < -0.39 is 0 Å². The molecule has 1 rings (SSSR count). The molecular formula is C10H13NO3. The normalized spacial score (nSPS) is 9.93. The number of ether oxygens (including phenoxy) is 1. The SMILES string of the molecule is COc1cc(C(=O)CN)cc(C)c1O. The van der Waals surface area contributed by atoms with Gasteiger partial charge in [-0.05, 0) is 24.6 Å². The summed E-state index contributed by atoms with van der Waals surface area (Å²) in [6, 6.07) is 3.07. The van der Waals surface area contributed by atoms with Crippen molar-refractivity contribution in [3.8, 4) is 11.5 Å². The molecule has 0 spiro atoms. The van der Waals surface area contributed by atoms with Gasteiger partial charge in [0.1, 0.15) is 0 Å². The number of methoxy groups -OCH3 is 1. The van der Waals surface area contributed by atoms with Crippen molar-refractivity contribution in [1.29, 1.82) is 0 Å². The van der Waals surface area contributed by atoms with Crippen LogP contribution in [0.1, 0.15) is 15.9 Å². The van der Waals surface area contributed by atoms with Crippen LogP contribution < -0.4 is 10.5 Å². The first kappa shape index (κ1) is 10.5. The van der Waals surface area contributed by atoms with Gasteiger partial charge in [0.05, 0.1) is 13.7 Å². The van der Waals surface area contributed by atoms with Gasteiger partial charge >= 0.3 is 0 Å². The second-order valence-corrected chi connectivity index (χ2v) is 2.97. The predicted octanol–water partition coefficient (Wildman–Crippen LogP) is 0.851. The molecule has 0 amide bonds. The summed E-state index contributed by atoms with van der Waals surface area (Å²) in [7, 11) is 1.44. The Morgan fingerprint density at radius 3 is 2.71 bits per heavy atom. The van der Waals surface area contributed by atoms with E-state index in [1.54, 1.807) is 13.0 Å². The first-order chi connectivity index (χ1) is 6.60.